The number of rotatable bonds is 11. The van der Waals surface area contributed by atoms with E-state index in [1.165, 1.54) is 24.7 Å². The van der Waals surface area contributed by atoms with E-state index in [0.29, 0.717) is 46.6 Å². The number of hydrogen-bond donors (Lipinski definition) is 2. The molecule has 0 bridgehead atoms. The van der Waals surface area contributed by atoms with Crippen LogP contribution in [0.3, 0.4) is 0 Å². The SMILES string of the molecule is CS(=O)(=O)CNCCc1ccc(-c2ccc3ncnc(Nc4ccc(OCc5cccc(F)c5)c(Cl)c4)c3c2)o1. The van der Waals surface area contributed by atoms with Gasteiger partial charge in [-0.25, -0.2) is 22.8 Å². The number of anilines is 2. The third-order valence-electron chi connectivity index (χ3n) is 5.97. The van der Waals surface area contributed by atoms with Crippen LogP contribution in [0.5, 0.6) is 5.75 Å². The van der Waals surface area contributed by atoms with Gasteiger partial charge in [-0.2, -0.15) is 0 Å². The molecule has 11 heteroatoms. The van der Waals surface area contributed by atoms with Crippen LogP contribution in [-0.2, 0) is 22.9 Å². The van der Waals surface area contributed by atoms with Crippen molar-refractivity contribution in [2.75, 3.05) is 24.0 Å². The first kappa shape index (κ1) is 27.6. The summed E-state index contributed by atoms with van der Waals surface area (Å²) in [5.74, 6) is 2.10. The molecule has 0 saturated carbocycles. The summed E-state index contributed by atoms with van der Waals surface area (Å²) in [4.78, 5) is 8.80. The lowest BCUT2D eigenvalue weighted by Crippen LogP contribution is -2.24. The molecule has 206 valence electrons. The van der Waals surface area contributed by atoms with Crippen LogP contribution in [-0.4, -0.2) is 37.1 Å². The Labute approximate surface area is 236 Å². The van der Waals surface area contributed by atoms with E-state index >= 15 is 0 Å². The van der Waals surface area contributed by atoms with Crippen LogP contribution in [0.25, 0.3) is 22.2 Å². The Morgan fingerprint density at radius 2 is 1.90 bits per heavy atom. The summed E-state index contributed by atoms with van der Waals surface area (Å²) in [5.41, 5.74) is 3.00. The molecule has 0 amide bonds. The van der Waals surface area contributed by atoms with Gasteiger partial charge < -0.3 is 19.8 Å². The van der Waals surface area contributed by atoms with Gasteiger partial charge >= 0.3 is 0 Å². The van der Waals surface area contributed by atoms with Gasteiger partial charge in [0.1, 0.15) is 41.8 Å². The summed E-state index contributed by atoms with van der Waals surface area (Å²) in [6.07, 6.45) is 3.23. The monoisotopic (exact) mass is 580 g/mol. The summed E-state index contributed by atoms with van der Waals surface area (Å²) in [7, 11) is -3.07. The van der Waals surface area contributed by atoms with Crippen LogP contribution in [0.1, 0.15) is 11.3 Å². The molecule has 0 radical (unpaired) electrons. The van der Waals surface area contributed by atoms with Crippen LogP contribution in [0.15, 0.2) is 83.5 Å². The van der Waals surface area contributed by atoms with E-state index in [1.807, 2.05) is 36.4 Å². The molecule has 8 nitrogen and oxygen atoms in total. The van der Waals surface area contributed by atoms with E-state index < -0.39 is 9.84 Å². The maximum atomic E-state index is 13.4. The van der Waals surface area contributed by atoms with Gasteiger partial charge in [0.2, 0.25) is 0 Å². The highest BCUT2D eigenvalue weighted by Gasteiger charge is 2.11. The maximum Gasteiger partial charge on any atom is 0.160 e. The van der Waals surface area contributed by atoms with Crippen molar-refractivity contribution in [3.05, 3.63) is 101 Å². The largest absolute Gasteiger partial charge is 0.487 e. The van der Waals surface area contributed by atoms with Gasteiger partial charge in [-0.3, -0.25) is 0 Å². The van der Waals surface area contributed by atoms with Crippen LogP contribution in [0.4, 0.5) is 15.9 Å². The Bertz CT molecular complexity index is 1760. The fraction of sp³-hybridized carbons (Fsp3) is 0.172. The lowest BCUT2D eigenvalue weighted by molar-refractivity contribution is 0.306. The molecular formula is C29H26ClFN4O4S. The molecule has 2 heterocycles. The molecule has 0 fully saturated rings. The second-order valence-corrected chi connectivity index (χ2v) is 11.8. The zero-order chi connectivity index (χ0) is 28.1. The van der Waals surface area contributed by atoms with Crippen molar-refractivity contribution in [1.29, 1.82) is 0 Å². The minimum Gasteiger partial charge on any atom is -0.487 e. The highest BCUT2D eigenvalue weighted by atomic mass is 35.5. The number of hydrogen-bond acceptors (Lipinski definition) is 8. The molecule has 0 atom stereocenters. The molecule has 0 aliphatic rings. The predicted octanol–water partition coefficient (Wildman–Crippen LogP) is 6.14. The smallest absolute Gasteiger partial charge is 0.160 e. The third kappa shape index (κ3) is 7.15. The average molecular weight is 581 g/mol. The molecule has 5 rings (SSSR count). The lowest BCUT2D eigenvalue weighted by Gasteiger charge is -2.12. The first-order valence-electron chi connectivity index (χ1n) is 12.4. The second kappa shape index (κ2) is 12.0. The Kier molecular flexibility index (Phi) is 8.29. The molecule has 0 aliphatic heterocycles. The number of benzene rings is 3. The molecule has 0 spiro atoms. The molecule has 5 aromatic rings. The number of sulfone groups is 1. The molecule has 2 aromatic heterocycles. The van der Waals surface area contributed by atoms with Gasteiger partial charge in [0.25, 0.3) is 0 Å². The van der Waals surface area contributed by atoms with Gasteiger partial charge in [-0.1, -0.05) is 23.7 Å². The Morgan fingerprint density at radius 3 is 2.70 bits per heavy atom. The second-order valence-electron chi connectivity index (χ2n) is 9.23. The quantitative estimate of drug-likeness (QED) is 0.179. The van der Waals surface area contributed by atoms with E-state index in [9.17, 15) is 12.8 Å². The van der Waals surface area contributed by atoms with E-state index in [1.54, 1.807) is 24.3 Å². The molecule has 0 unspecified atom stereocenters. The van der Waals surface area contributed by atoms with Crippen molar-refractivity contribution in [2.45, 2.75) is 13.0 Å². The summed E-state index contributed by atoms with van der Waals surface area (Å²) in [6, 6.07) is 21.0. The zero-order valence-electron chi connectivity index (χ0n) is 21.5. The number of nitrogens with zero attached hydrogens (tertiary/aromatic N) is 2. The summed E-state index contributed by atoms with van der Waals surface area (Å²) < 4.78 is 47.7. The summed E-state index contributed by atoms with van der Waals surface area (Å²) in [5, 5.41) is 7.38. The molecule has 0 saturated heterocycles. The Balaban J connectivity index is 1.29. The number of halogens is 2. The highest BCUT2D eigenvalue weighted by Crippen LogP contribution is 2.33. The van der Waals surface area contributed by atoms with Gasteiger partial charge in [0.05, 0.1) is 16.4 Å². The number of nitrogens with one attached hydrogen (secondary N) is 2. The van der Waals surface area contributed by atoms with Crippen LogP contribution >= 0.6 is 11.6 Å². The first-order chi connectivity index (χ1) is 19.2. The van der Waals surface area contributed by atoms with Crippen molar-refractivity contribution in [3.63, 3.8) is 0 Å². The number of aromatic nitrogens is 2. The minimum atomic E-state index is -3.07. The van der Waals surface area contributed by atoms with Crippen molar-refractivity contribution in [2.24, 2.45) is 0 Å². The van der Waals surface area contributed by atoms with Crippen molar-refractivity contribution >= 4 is 43.8 Å². The van der Waals surface area contributed by atoms with Crippen molar-refractivity contribution in [1.82, 2.24) is 15.3 Å². The van der Waals surface area contributed by atoms with Gasteiger partial charge in [-0.15, -0.1) is 0 Å². The number of furan rings is 1. The van der Waals surface area contributed by atoms with Gasteiger partial charge in [-0.05, 0) is 66.2 Å². The van der Waals surface area contributed by atoms with Crippen LogP contribution in [0, 0.1) is 5.82 Å². The van der Waals surface area contributed by atoms with Crippen LogP contribution < -0.4 is 15.4 Å². The first-order valence-corrected chi connectivity index (χ1v) is 14.8. The van der Waals surface area contributed by atoms with Crippen LogP contribution in [0.2, 0.25) is 5.02 Å². The molecule has 0 aliphatic carbocycles. The Hall–Kier alpha value is -3.99. The van der Waals surface area contributed by atoms with E-state index in [4.69, 9.17) is 20.8 Å². The zero-order valence-corrected chi connectivity index (χ0v) is 23.1. The number of ether oxygens (including phenoxy) is 1. The molecule has 2 N–H and O–H groups in total. The third-order valence-corrected chi connectivity index (χ3v) is 7.00. The topological polar surface area (TPSA) is 106 Å². The highest BCUT2D eigenvalue weighted by molar-refractivity contribution is 7.90. The van der Waals surface area contributed by atoms with E-state index in [-0.39, 0.29) is 18.3 Å². The van der Waals surface area contributed by atoms with Gasteiger partial charge in [0.15, 0.2) is 9.84 Å². The van der Waals surface area contributed by atoms with E-state index in [2.05, 4.69) is 20.6 Å². The molecular weight excluding hydrogens is 555 g/mol. The fourth-order valence-electron chi connectivity index (χ4n) is 4.07. The number of fused-ring (bicyclic) bond motifs is 1. The predicted molar refractivity (Wildman–Crippen MR) is 154 cm³/mol. The molecule has 40 heavy (non-hydrogen) atoms. The minimum absolute atomic E-state index is 0.0725. The summed E-state index contributed by atoms with van der Waals surface area (Å²) >= 11 is 6.47. The standard InChI is InChI=1S/C29H26ClFN4O4S/c1-40(36,37)18-32-12-11-23-7-10-27(39-23)20-5-8-26-24(14-20)29(34-17-33-26)35-22-6-9-28(25(30)15-22)38-16-19-3-2-4-21(31)13-19/h2-10,13-15,17,32H,11-12,16,18H2,1H3,(H,33,34,35). The maximum absolute atomic E-state index is 13.4. The van der Waals surface area contributed by atoms with E-state index in [0.717, 1.165) is 22.2 Å². The fourth-order valence-corrected chi connectivity index (χ4v) is 4.82. The molecule has 3 aromatic carbocycles. The van der Waals surface area contributed by atoms with Crippen molar-refractivity contribution in [3.8, 4) is 17.1 Å². The average Bonchev–Trinajstić information content (AvgIpc) is 3.39. The summed E-state index contributed by atoms with van der Waals surface area (Å²) in [6.45, 7) is 0.673. The lowest BCUT2D eigenvalue weighted by atomic mass is 10.1. The van der Waals surface area contributed by atoms with Gasteiger partial charge in [0, 0.05) is 35.9 Å². The van der Waals surface area contributed by atoms with Crippen molar-refractivity contribution < 1.29 is 22.0 Å². The Morgan fingerprint density at radius 1 is 1.02 bits per heavy atom. The normalized spacial score (nSPS) is 11.6.